The number of carbonyl (C=O) groups is 3. The molecule has 1 aliphatic carbocycles. The van der Waals surface area contributed by atoms with E-state index in [4.69, 9.17) is 4.74 Å². The average Bonchev–Trinajstić information content (AvgIpc) is 3.11. The lowest BCUT2D eigenvalue weighted by Gasteiger charge is -2.45. The zero-order chi connectivity index (χ0) is 24.5. The maximum atomic E-state index is 14.0. The molecule has 8 heteroatoms. The van der Waals surface area contributed by atoms with Crippen LogP contribution in [0, 0.1) is 0 Å². The van der Waals surface area contributed by atoms with Crippen molar-refractivity contribution in [1.29, 1.82) is 0 Å². The van der Waals surface area contributed by atoms with Gasteiger partial charge < -0.3 is 24.8 Å². The molecule has 0 spiro atoms. The minimum absolute atomic E-state index is 0.106. The molecule has 4 rings (SSSR count). The third kappa shape index (κ3) is 4.26. The molecular weight excluding hydrogens is 432 g/mol. The Kier molecular flexibility index (Phi) is 6.86. The van der Waals surface area contributed by atoms with Crippen molar-refractivity contribution in [3.63, 3.8) is 0 Å². The highest BCUT2D eigenvalue weighted by molar-refractivity contribution is 6.14. The fraction of sp³-hybridized carbons (Fsp3) is 0.577. The van der Waals surface area contributed by atoms with E-state index in [0.29, 0.717) is 30.2 Å². The highest BCUT2D eigenvalue weighted by atomic mass is 16.5. The summed E-state index contributed by atoms with van der Waals surface area (Å²) in [5.74, 6) is 0.0374. The van der Waals surface area contributed by atoms with E-state index in [0.717, 1.165) is 49.4 Å². The Balaban J connectivity index is 1.82. The molecule has 2 aromatic rings. The summed E-state index contributed by atoms with van der Waals surface area (Å²) in [5, 5.41) is 6.86. The van der Waals surface area contributed by atoms with Crippen molar-refractivity contribution in [3.05, 3.63) is 23.9 Å². The number of carbonyl (C=O) groups excluding carboxylic acids is 3. The van der Waals surface area contributed by atoms with Crippen molar-refractivity contribution in [3.8, 4) is 5.75 Å². The molecular formula is C26H36N4O4. The van der Waals surface area contributed by atoms with Crippen LogP contribution in [0.3, 0.4) is 0 Å². The van der Waals surface area contributed by atoms with Crippen LogP contribution in [0.5, 0.6) is 5.75 Å². The number of benzene rings is 1. The fourth-order valence-electron chi connectivity index (χ4n) is 5.34. The van der Waals surface area contributed by atoms with Crippen LogP contribution in [-0.4, -0.2) is 52.4 Å². The molecule has 0 radical (unpaired) electrons. The van der Waals surface area contributed by atoms with Gasteiger partial charge in [-0.2, -0.15) is 0 Å². The van der Waals surface area contributed by atoms with Crippen LogP contribution in [0.2, 0.25) is 0 Å². The van der Waals surface area contributed by atoms with E-state index >= 15 is 0 Å². The number of unbranched alkanes of at least 4 members (excludes halogenated alkanes) is 1. The van der Waals surface area contributed by atoms with Gasteiger partial charge in [-0.3, -0.25) is 14.4 Å². The first-order valence-corrected chi connectivity index (χ1v) is 12.4. The van der Waals surface area contributed by atoms with Crippen molar-refractivity contribution >= 4 is 34.3 Å². The highest BCUT2D eigenvalue weighted by Crippen LogP contribution is 2.40. The molecule has 1 aromatic heterocycles. The second kappa shape index (κ2) is 9.68. The van der Waals surface area contributed by atoms with E-state index in [2.05, 4.69) is 17.6 Å². The smallest absolute Gasteiger partial charge is 0.273 e. The summed E-state index contributed by atoms with van der Waals surface area (Å²) >= 11 is 0. The van der Waals surface area contributed by atoms with Crippen LogP contribution >= 0.6 is 0 Å². The molecule has 2 heterocycles. The summed E-state index contributed by atoms with van der Waals surface area (Å²) in [6.07, 6.45) is 7.11. The minimum Gasteiger partial charge on any atom is -0.497 e. The molecule has 2 N–H and O–H groups in total. The van der Waals surface area contributed by atoms with Crippen LogP contribution < -0.4 is 15.4 Å². The molecule has 1 aliphatic heterocycles. The van der Waals surface area contributed by atoms with Gasteiger partial charge in [0.15, 0.2) is 0 Å². The first-order valence-electron chi connectivity index (χ1n) is 12.4. The van der Waals surface area contributed by atoms with Gasteiger partial charge >= 0.3 is 0 Å². The molecule has 184 valence electrons. The molecule has 0 saturated heterocycles. The maximum Gasteiger partial charge on any atom is 0.273 e. The van der Waals surface area contributed by atoms with Crippen molar-refractivity contribution in [2.75, 3.05) is 19.0 Å². The predicted molar refractivity (Wildman–Crippen MR) is 132 cm³/mol. The molecule has 1 fully saturated rings. The maximum absolute atomic E-state index is 14.0. The molecule has 2 aliphatic rings. The van der Waals surface area contributed by atoms with Gasteiger partial charge in [-0.15, -0.1) is 0 Å². The zero-order valence-corrected chi connectivity index (χ0v) is 20.7. The summed E-state index contributed by atoms with van der Waals surface area (Å²) in [7, 11) is 1.58. The monoisotopic (exact) mass is 468 g/mol. The lowest BCUT2D eigenvalue weighted by atomic mass is 9.91. The van der Waals surface area contributed by atoms with Gasteiger partial charge in [-0.1, -0.05) is 32.6 Å². The van der Waals surface area contributed by atoms with Crippen molar-refractivity contribution in [2.45, 2.75) is 83.8 Å². The molecule has 0 unspecified atom stereocenters. The summed E-state index contributed by atoms with van der Waals surface area (Å²) in [4.78, 5) is 41.5. The Morgan fingerprint density at radius 1 is 1.21 bits per heavy atom. The quantitative estimate of drug-likeness (QED) is 0.641. The Hall–Kier alpha value is -3.03. The number of hydrogen-bond donors (Lipinski definition) is 2. The second-order valence-electron chi connectivity index (χ2n) is 9.77. The number of hydrogen-bond acceptors (Lipinski definition) is 4. The zero-order valence-electron chi connectivity index (χ0n) is 20.7. The summed E-state index contributed by atoms with van der Waals surface area (Å²) in [5.41, 5.74) is 0.649. The van der Waals surface area contributed by atoms with E-state index < -0.39 is 5.54 Å². The molecule has 3 amide bonds. The van der Waals surface area contributed by atoms with Crippen LogP contribution in [0.15, 0.2) is 18.2 Å². The Bertz CT molecular complexity index is 1100. The number of aromatic nitrogens is 1. The average molecular weight is 469 g/mol. The van der Waals surface area contributed by atoms with Gasteiger partial charge in [0.1, 0.15) is 17.0 Å². The van der Waals surface area contributed by atoms with Crippen LogP contribution in [0.1, 0.15) is 76.2 Å². The normalized spacial score (nSPS) is 20.8. The second-order valence-corrected chi connectivity index (χ2v) is 9.77. The van der Waals surface area contributed by atoms with Gasteiger partial charge in [0.25, 0.3) is 5.91 Å². The number of anilines is 1. The van der Waals surface area contributed by atoms with Gasteiger partial charge in [-0.25, -0.2) is 0 Å². The fourth-order valence-corrected chi connectivity index (χ4v) is 5.34. The van der Waals surface area contributed by atoms with Crippen molar-refractivity contribution in [2.24, 2.45) is 0 Å². The molecule has 1 aromatic carbocycles. The number of nitrogens with zero attached hydrogens (tertiary/aromatic N) is 2. The Labute approximate surface area is 201 Å². The van der Waals surface area contributed by atoms with E-state index in [1.165, 1.54) is 13.3 Å². The van der Waals surface area contributed by atoms with Gasteiger partial charge in [0, 0.05) is 24.9 Å². The Morgan fingerprint density at radius 3 is 2.59 bits per heavy atom. The lowest BCUT2D eigenvalue weighted by molar-refractivity contribution is -0.133. The number of methoxy groups -OCH3 is 1. The summed E-state index contributed by atoms with van der Waals surface area (Å²) < 4.78 is 7.29. The molecule has 1 saturated carbocycles. The highest BCUT2D eigenvalue weighted by Gasteiger charge is 2.49. The first kappa shape index (κ1) is 24.1. The number of nitrogens with one attached hydrogen (secondary N) is 2. The molecule has 8 nitrogen and oxygen atoms in total. The number of amides is 3. The van der Waals surface area contributed by atoms with E-state index in [1.54, 1.807) is 12.0 Å². The van der Waals surface area contributed by atoms with Crippen molar-refractivity contribution in [1.82, 2.24) is 14.8 Å². The Morgan fingerprint density at radius 2 is 1.94 bits per heavy atom. The van der Waals surface area contributed by atoms with E-state index in [-0.39, 0.29) is 23.8 Å². The third-order valence-electron chi connectivity index (χ3n) is 7.25. The summed E-state index contributed by atoms with van der Waals surface area (Å²) in [6, 6.07) is 5.70. The number of rotatable bonds is 7. The molecule has 34 heavy (non-hydrogen) atoms. The first-order chi connectivity index (χ1) is 16.3. The third-order valence-corrected chi connectivity index (χ3v) is 7.25. The lowest BCUT2D eigenvalue weighted by Crippen LogP contribution is -2.65. The van der Waals surface area contributed by atoms with E-state index in [1.807, 2.05) is 29.7 Å². The van der Waals surface area contributed by atoms with Gasteiger partial charge in [0.05, 0.1) is 24.9 Å². The topological polar surface area (TPSA) is 92.7 Å². The van der Waals surface area contributed by atoms with Gasteiger partial charge in [-0.05, 0) is 44.4 Å². The molecule has 0 bridgehead atoms. The minimum atomic E-state index is -1.03. The van der Waals surface area contributed by atoms with Crippen LogP contribution in [0.4, 0.5) is 5.69 Å². The largest absolute Gasteiger partial charge is 0.497 e. The molecule has 1 atom stereocenters. The van der Waals surface area contributed by atoms with Crippen LogP contribution in [0.25, 0.3) is 10.9 Å². The van der Waals surface area contributed by atoms with Crippen molar-refractivity contribution < 1.29 is 19.1 Å². The number of ether oxygens (including phenoxy) is 1. The predicted octanol–water partition coefficient (Wildman–Crippen LogP) is 4.07. The summed E-state index contributed by atoms with van der Waals surface area (Å²) in [6.45, 7) is 6.17. The SMILES string of the molecule is CCCCN1C(=O)c2c(NC(C)=O)c3cc(OC)ccc3n2C[C@]1(C)C(=O)NC1CCCCC1. The van der Waals surface area contributed by atoms with E-state index in [9.17, 15) is 14.4 Å². The van der Waals surface area contributed by atoms with Crippen LogP contribution in [-0.2, 0) is 16.1 Å². The number of fused-ring (bicyclic) bond motifs is 3. The van der Waals surface area contributed by atoms with Gasteiger partial charge in [0.2, 0.25) is 11.8 Å². The standard InChI is InChI=1S/C26H36N4O4/c1-5-6-14-30-24(32)23-22(27-17(2)31)20-15-19(34-4)12-13-21(20)29(23)16-26(30,3)25(33)28-18-10-8-7-9-11-18/h12-13,15,18H,5-11,14,16H2,1-4H3,(H,27,31)(H,28,33)/t26-/m1/s1.